The zero-order valence-corrected chi connectivity index (χ0v) is 18.3. The first-order valence-corrected chi connectivity index (χ1v) is 11.7. The quantitative estimate of drug-likeness (QED) is 0.657. The Labute approximate surface area is 181 Å². The number of sulfonamides is 1. The summed E-state index contributed by atoms with van der Waals surface area (Å²) in [6.07, 6.45) is 5.91. The molecule has 1 aromatic heterocycles. The van der Waals surface area contributed by atoms with E-state index in [9.17, 15) is 13.2 Å². The van der Waals surface area contributed by atoms with E-state index in [1.54, 1.807) is 60.0 Å². The first kappa shape index (κ1) is 21.2. The number of nitrogens with one attached hydrogen (secondary N) is 1. The minimum Gasteiger partial charge on any atom is -0.322 e. The van der Waals surface area contributed by atoms with Crippen molar-refractivity contribution < 1.29 is 13.2 Å². The number of carbonyl (C=O) groups is 1. The van der Waals surface area contributed by atoms with Crippen molar-refractivity contribution in [2.45, 2.75) is 44.0 Å². The van der Waals surface area contributed by atoms with Crippen molar-refractivity contribution in [3.05, 3.63) is 66.0 Å². The van der Waals surface area contributed by atoms with Crippen LogP contribution in [-0.2, 0) is 10.0 Å². The lowest BCUT2D eigenvalue weighted by atomic mass is 10.1. The summed E-state index contributed by atoms with van der Waals surface area (Å²) in [4.78, 5) is 14.5. The highest BCUT2D eigenvalue weighted by Crippen LogP contribution is 2.27. The van der Waals surface area contributed by atoms with Gasteiger partial charge in [0.25, 0.3) is 5.91 Å². The van der Waals surface area contributed by atoms with Crippen molar-refractivity contribution in [3.63, 3.8) is 0 Å². The van der Waals surface area contributed by atoms with Crippen molar-refractivity contribution >= 4 is 21.6 Å². The fourth-order valence-corrected chi connectivity index (χ4v) is 5.52. The molecule has 8 nitrogen and oxygen atoms in total. The molecule has 4 rings (SSSR count). The molecule has 3 aromatic rings. The predicted octanol–water partition coefficient (Wildman–Crippen LogP) is 3.39. The fourth-order valence-electron chi connectivity index (χ4n) is 3.80. The zero-order chi connectivity index (χ0) is 22.0. The van der Waals surface area contributed by atoms with Gasteiger partial charge in [0.2, 0.25) is 10.0 Å². The van der Waals surface area contributed by atoms with Gasteiger partial charge in [0.1, 0.15) is 0 Å². The van der Waals surface area contributed by atoms with E-state index in [1.165, 1.54) is 10.9 Å². The van der Waals surface area contributed by atoms with Crippen LogP contribution in [0, 0.1) is 6.92 Å². The molecule has 1 amide bonds. The van der Waals surface area contributed by atoms with E-state index in [0.29, 0.717) is 23.4 Å². The molecule has 1 atom stereocenters. The maximum absolute atomic E-state index is 13.2. The highest BCUT2D eigenvalue weighted by Gasteiger charge is 2.31. The Morgan fingerprint density at radius 2 is 1.77 bits per heavy atom. The van der Waals surface area contributed by atoms with Gasteiger partial charge in [-0.15, -0.1) is 0 Å². The van der Waals surface area contributed by atoms with Crippen LogP contribution in [0.4, 0.5) is 5.69 Å². The number of carbonyl (C=O) groups excluding carboxylic acids is 1. The Hall–Kier alpha value is -3.04. The monoisotopic (exact) mass is 439 g/mol. The lowest BCUT2D eigenvalue weighted by Gasteiger charge is -2.32. The highest BCUT2D eigenvalue weighted by molar-refractivity contribution is 7.89. The maximum atomic E-state index is 13.2. The van der Waals surface area contributed by atoms with Crippen molar-refractivity contribution in [1.82, 2.24) is 19.3 Å². The van der Waals surface area contributed by atoms with Crippen LogP contribution < -0.4 is 5.32 Å². The summed E-state index contributed by atoms with van der Waals surface area (Å²) in [5.74, 6) is -0.355. The third-order valence-electron chi connectivity index (χ3n) is 5.58. The normalized spacial score (nSPS) is 17.4. The van der Waals surface area contributed by atoms with E-state index in [0.717, 1.165) is 24.9 Å². The van der Waals surface area contributed by atoms with Gasteiger partial charge in [-0.05, 0) is 68.7 Å². The molecule has 2 aromatic carbocycles. The summed E-state index contributed by atoms with van der Waals surface area (Å²) in [5, 5.41) is 11.0. The molecule has 0 radical (unpaired) electrons. The van der Waals surface area contributed by atoms with Crippen LogP contribution in [0.5, 0.6) is 0 Å². The molecular formula is C22H25N5O3S. The van der Waals surface area contributed by atoms with Gasteiger partial charge >= 0.3 is 0 Å². The zero-order valence-electron chi connectivity index (χ0n) is 17.5. The second kappa shape index (κ2) is 8.60. The van der Waals surface area contributed by atoms with Crippen LogP contribution in [-0.4, -0.2) is 46.2 Å². The van der Waals surface area contributed by atoms with Crippen molar-refractivity contribution in [2.75, 3.05) is 11.9 Å². The standard InChI is InChI=1S/C22H25N5O3S/c1-16-6-11-20(31(29,30)26-14-4-3-5-17(26)2)15-21(16)22(28)25-18-7-9-19(10-8-18)27-23-12-13-24-27/h6-13,15,17H,3-5,14H2,1-2H3,(H,25,28). The van der Waals surface area contributed by atoms with E-state index in [-0.39, 0.29) is 16.8 Å². The fraction of sp³-hybridized carbons (Fsp3) is 0.318. The minimum atomic E-state index is -3.65. The number of rotatable bonds is 5. The van der Waals surface area contributed by atoms with Crippen LogP contribution in [0.2, 0.25) is 0 Å². The van der Waals surface area contributed by atoms with Gasteiger partial charge in [-0.25, -0.2) is 8.42 Å². The molecule has 9 heteroatoms. The van der Waals surface area contributed by atoms with E-state index >= 15 is 0 Å². The minimum absolute atomic E-state index is 0.0416. The van der Waals surface area contributed by atoms with Crippen molar-refractivity contribution in [3.8, 4) is 5.69 Å². The van der Waals surface area contributed by atoms with Gasteiger partial charge in [-0.1, -0.05) is 12.5 Å². The molecule has 0 spiro atoms. The van der Waals surface area contributed by atoms with Gasteiger partial charge in [-0.2, -0.15) is 19.3 Å². The summed E-state index contributed by atoms with van der Waals surface area (Å²) in [6, 6.07) is 11.8. The molecule has 0 saturated carbocycles. The number of amides is 1. The highest BCUT2D eigenvalue weighted by atomic mass is 32.2. The Bertz CT molecular complexity index is 1170. The number of piperidine rings is 1. The van der Waals surface area contributed by atoms with Crippen LogP contribution in [0.25, 0.3) is 5.69 Å². The number of nitrogens with zero attached hydrogens (tertiary/aromatic N) is 4. The number of anilines is 1. The first-order valence-electron chi connectivity index (χ1n) is 10.3. The van der Waals surface area contributed by atoms with Crippen LogP contribution in [0.15, 0.2) is 59.8 Å². The molecule has 0 aliphatic carbocycles. The average molecular weight is 440 g/mol. The summed E-state index contributed by atoms with van der Waals surface area (Å²) in [7, 11) is -3.65. The number of hydrogen-bond acceptors (Lipinski definition) is 5. The lowest BCUT2D eigenvalue weighted by Crippen LogP contribution is -2.42. The van der Waals surface area contributed by atoms with E-state index < -0.39 is 10.0 Å². The van der Waals surface area contributed by atoms with Crippen molar-refractivity contribution in [2.24, 2.45) is 0 Å². The van der Waals surface area contributed by atoms with Crippen LogP contribution >= 0.6 is 0 Å². The molecule has 1 aliphatic heterocycles. The molecule has 162 valence electrons. The van der Waals surface area contributed by atoms with E-state index in [2.05, 4.69) is 15.5 Å². The Morgan fingerprint density at radius 1 is 1.06 bits per heavy atom. The Morgan fingerprint density at radius 3 is 2.45 bits per heavy atom. The summed E-state index contributed by atoms with van der Waals surface area (Å²) >= 11 is 0. The summed E-state index contributed by atoms with van der Waals surface area (Å²) in [6.45, 7) is 4.23. The average Bonchev–Trinajstić information content (AvgIpc) is 3.29. The number of aryl methyl sites for hydroxylation is 1. The number of aromatic nitrogens is 3. The third-order valence-corrected chi connectivity index (χ3v) is 7.59. The molecular weight excluding hydrogens is 414 g/mol. The molecule has 1 N–H and O–H groups in total. The van der Waals surface area contributed by atoms with Crippen LogP contribution in [0.1, 0.15) is 42.1 Å². The largest absolute Gasteiger partial charge is 0.322 e. The predicted molar refractivity (Wildman–Crippen MR) is 118 cm³/mol. The molecule has 0 bridgehead atoms. The summed E-state index contributed by atoms with van der Waals surface area (Å²) in [5.41, 5.74) is 2.41. The Balaban J connectivity index is 1.56. The van der Waals surface area contributed by atoms with Crippen molar-refractivity contribution in [1.29, 1.82) is 0 Å². The van der Waals surface area contributed by atoms with Gasteiger partial charge in [0, 0.05) is 23.8 Å². The van der Waals surface area contributed by atoms with Gasteiger partial charge in [0.05, 0.1) is 23.0 Å². The SMILES string of the molecule is Cc1ccc(S(=O)(=O)N2CCCCC2C)cc1C(=O)Nc1ccc(-n2nccn2)cc1. The second-order valence-electron chi connectivity index (χ2n) is 7.76. The maximum Gasteiger partial charge on any atom is 0.255 e. The smallest absolute Gasteiger partial charge is 0.255 e. The number of hydrogen-bond donors (Lipinski definition) is 1. The summed E-state index contributed by atoms with van der Waals surface area (Å²) < 4.78 is 27.9. The molecule has 2 heterocycles. The molecule has 1 fully saturated rings. The van der Waals surface area contributed by atoms with E-state index in [1.807, 2.05) is 6.92 Å². The second-order valence-corrected chi connectivity index (χ2v) is 9.65. The van der Waals surface area contributed by atoms with Gasteiger partial charge in [-0.3, -0.25) is 4.79 Å². The van der Waals surface area contributed by atoms with Gasteiger partial charge < -0.3 is 5.32 Å². The van der Waals surface area contributed by atoms with Gasteiger partial charge in [0.15, 0.2) is 0 Å². The van der Waals surface area contributed by atoms with E-state index in [4.69, 9.17) is 0 Å². The molecule has 31 heavy (non-hydrogen) atoms. The molecule has 1 unspecified atom stereocenters. The van der Waals surface area contributed by atoms with Crippen LogP contribution in [0.3, 0.4) is 0 Å². The first-order chi connectivity index (χ1) is 14.9. The number of benzene rings is 2. The molecule has 1 aliphatic rings. The molecule has 1 saturated heterocycles. The Kier molecular flexibility index (Phi) is 5.88. The topological polar surface area (TPSA) is 97.2 Å². The third kappa shape index (κ3) is 4.38. The lowest BCUT2D eigenvalue weighted by molar-refractivity contribution is 0.102.